The van der Waals surface area contributed by atoms with Gasteiger partial charge in [-0.2, -0.15) is 0 Å². The summed E-state index contributed by atoms with van der Waals surface area (Å²) in [6, 6.07) is 1.66. The van der Waals surface area contributed by atoms with E-state index in [1.54, 1.807) is 19.9 Å². The van der Waals surface area contributed by atoms with Crippen molar-refractivity contribution in [3.63, 3.8) is 0 Å². The summed E-state index contributed by atoms with van der Waals surface area (Å²) in [5, 5.41) is 9.47. The highest BCUT2D eigenvalue weighted by atomic mass is 32.2. The first kappa shape index (κ1) is 16.3. The zero-order valence-electron chi connectivity index (χ0n) is 13.4. The average Bonchev–Trinajstić information content (AvgIpc) is 3.20. The molecule has 0 aromatic carbocycles. The van der Waals surface area contributed by atoms with Crippen molar-refractivity contribution in [3.8, 4) is 0 Å². The number of nitrogens with one attached hydrogen (secondary N) is 2. The molecular formula is C15H22N4O3S. The number of nitrogens with zero attached hydrogens (tertiary/aromatic N) is 2. The van der Waals surface area contributed by atoms with Crippen molar-refractivity contribution < 1.29 is 14.1 Å². The van der Waals surface area contributed by atoms with Crippen LogP contribution in [0.3, 0.4) is 0 Å². The third-order valence-electron chi connectivity index (χ3n) is 4.45. The lowest BCUT2D eigenvalue weighted by molar-refractivity contribution is -0.127. The molecule has 1 aromatic rings. The van der Waals surface area contributed by atoms with Crippen molar-refractivity contribution >= 4 is 29.4 Å². The molecule has 0 radical (unpaired) electrons. The second-order valence-electron chi connectivity index (χ2n) is 6.24. The van der Waals surface area contributed by atoms with E-state index in [1.807, 2.05) is 4.90 Å². The Hall–Kier alpha value is -1.54. The minimum atomic E-state index is -0.320. The lowest BCUT2D eigenvalue weighted by Crippen LogP contribution is -2.34. The maximum absolute atomic E-state index is 12.3. The molecule has 0 bridgehead atoms. The summed E-state index contributed by atoms with van der Waals surface area (Å²) in [5.74, 6) is 2.54. The first-order chi connectivity index (χ1) is 11.0. The van der Waals surface area contributed by atoms with Gasteiger partial charge < -0.3 is 20.1 Å². The van der Waals surface area contributed by atoms with Crippen LogP contribution in [0.1, 0.15) is 12.7 Å². The number of aryl methyl sites for hydroxylation is 1. The second kappa shape index (κ2) is 6.92. The predicted molar refractivity (Wildman–Crippen MR) is 88.2 cm³/mol. The van der Waals surface area contributed by atoms with Crippen LogP contribution in [0.2, 0.25) is 0 Å². The normalized spacial score (nSPS) is 24.5. The second-order valence-corrected chi connectivity index (χ2v) is 7.57. The maximum atomic E-state index is 12.3. The molecule has 8 heteroatoms. The zero-order chi connectivity index (χ0) is 16.4. The number of hydrogen-bond donors (Lipinski definition) is 2. The summed E-state index contributed by atoms with van der Waals surface area (Å²) in [5.41, 5.74) is 0. The number of aromatic nitrogens is 1. The Balaban J connectivity index is 1.42. The van der Waals surface area contributed by atoms with Gasteiger partial charge in [0.15, 0.2) is 5.82 Å². The van der Waals surface area contributed by atoms with Gasteiger partial charge in [-0.3, -0.25) is 9.59 Å². The summed E-state index contributed by atoms with van der Waals surface area (Å²) in [7, 11) is 0. The molecule has 23 heavy (non-hydrogen) atoms. The van der Waals surface area contributed by atoms with Crippen LogP contribution < -0.4 is 10.6 Å². The molecule has 0 spiro atoms. The minimum Gasteiger partial charge on any atom is -0.360 e. The van der Waals surface area contributed by atoms with Gasteiger partial charge in [0.05, 0.1) is 11.0 Å². The van der Waals surface area contributed by atoms with E-state index in [0.29, 0.717) is 29.2 Å². The summed E-state index contributed by atoms with van der Waals surface area (Å²) in [6.07, 6.45) is 0. The molecule has 2 saturated heterocycles. The molecule has 1 aromatic heterocycles. The number of rotatable bonds is 5. The van der Waals surface area contributed by atoms with Crippen LogP contribution >= 0.6 is 11.8 Å². The van der Waals surface area contributed by atoms with E-state index in [4.69, 9.17) is 4.52 Å². The highest BCUT2D eigenvalue weighted by Crippen LogP contribution is 2.27. The van der Waals surface area contributed by atoms with Gasteiger partial charge in [-0.05, 0) is 25.7 Å². The Bertz CT molecular complexity index is 579. The van der Waals surface area contributed by atoms with Crippen molar-refractivity contribution in [2.75, 3.05) is 37.2 Å². The third-order valence-corrected chi connectivity index (χ3v) is 5.58. The summed E-state index contributed by atoms with van der Waals surface area (Å²) < 4.78 is 4.91. The number of thioether (sulfide) groups is 1. The van der Waals surface area contributed by atoms with Crippen molar-refractivity contribution in [3.05, 3.63) is 11.8 Å². The molecule has 2 amide bonds. The van der Waals surface area contributed by atoms with Gasteiger partial charge in [0.2, 0.25) is 11.8 Å². The van der Waals surface area contributed by atoms with Gasteiger partial charge in [-0.15, -0.1) is 11.8 Å². The third kappa shape index (κ3) is 3.87. The molecule has 0 aliphatic carbocycles. The van der Waals surface area contributed by atoms with Gasteiger partial charge in [0.1, 0.15) is 5.76 Å². The Morgan fingerprint density at radius 1 is 1.48 bits per heavy atom. The molecule has 2 fully saturated rings. The number of carbonyl (C=O) groups excluding carboxylic acids is 2. The Labute approximate surface area is 139 Å². The van der Waals surface area contributed by atoms with E-state index in [0.717, 1.165) is 26.2 Å². The molecule has 7 nitrogen and oxygen atoms in total. The summed E-state index contributed by atoms with van der Waals surface area (Å²) >= 11 is 1.36. The smallest absolute Gasteiger partial charge is 0.238 e. The van der Waals surface area contributed by atoms with E-state index in [2.05, 4.69) is 15.8 Å². The van der Waals surface area contributed by atoms with Crippen molar-refractivity contribution in [2.24, 2.45) is 11.8 Å². The number of fused-ring (bicyclic) bond motifs is 1. The summed E-state index contributed by atoms with van der Waals surface area (Å²) in [4.78, 5) is 26.3. The maximum Gasteiger partial charge on any atom is 0.238 e. The Morgan fingerprint density at radius 2 is 2.17 bits per heavy atom. The van der Waals surface area contributed by atoms with Crippen molar-refractivity contribution in [1.29, 1.82) is 0 Å². The molecule has 2 aliphatic rings. The van der Waals surface area contributed by atoms with Crippen molar-refractivity contribution in [2.45, 2.75) is 19.1 Å². The number of anilines is 1. The monoisotopic (exact) mass is 338 g/mol. The molecule has 3 heterocycles. The molecule has 0 saturated carbocycles. The SMILES string of the molecule is Cc1cc(NC(=O)C(C)SCC(=O)N2C[C@H]3CNC[C@H]3C2)no1. The van der Waals surface area contributed by atoms with Gasteiger partial charge in [0.25, 0.3) is 0 Å². The van der Waals surface area contributed by atoms with E-state index < -0.39 is 0 Å². The fraction of sp³-hybridized carbons (Fsp3) is 0.667. The topological polar surface area (TPSA) is 87.5 Å². The van der Waals surface area contributed by atoms with Gasteiger partial charge in [-0.25, -0.2) is 0 Å². The van der Waals surface area contributed by atoms with E-state index in [1.165, 1.54) is 11.8 Å². The number of likely N-dealkylation sites (tertiary alicyclic amines) is 1. The fourth-order valence-corrected chi connectivity index (χ4v) is 3.86. The molecular weight excluding hydrogens is 316 g/mol. The van der Waals surface area contributed by atoms with Gasteiger partial charge in [-0.1, -0.05) is 5.16 Å². The zero-order valence-corrected chi connectivity index (χ0v) is 14.2. The molecule has 3 atom stereocenters. The minimum absolute atomic E-state index is 0.126. The Kier molecular flexibility index (Phi) is 4.91. The Morgan fingerprint density at radius 3 is 2.78 bits per heavy atom. The average molecular weight is 338 g/mol. The predicted octanol–water partition coefficient (Wildman–Crippen LogP) is 0.721. The quantitative estimate of drug-likeness (QED) is 0.823. The lowest BCUT2D eigenvalue weighted by atomic mass is 10.0. The highest BCUT2D eigenvalue weighted by Gasteiger charge is 2.37. The van der Waals surface area contributed by atoms with Crippen LogP contribution in [-0.4, -0.2) is 59.1 Å². The number of carbonyl (C=O) groups is 2. The first-order valence-corrected chi connectivity index (χ1v) is 8.92. The molecule has 2 N–H and O–H groups in total. The lowest BCUT2D eigenvalue weighted by Gasteiger charge is -2.18. The van der Waals surface area contributed by atoms with Gasteiger partial charge in [0, 0.05) is 32.2 Å². The van der Waals surface area contributed by atoms with Crippen molar-refractivity contribution in [1.82, 2.24) is 15.4 Å². The largest absolute Gasteiger partial charge is 0.360 e. The van der Waals surface area contributed by atoms with Gasteiger partial charge >= 0.3 is 0 Å². The number of amides is 2. The van der Waals surface area contributed by atoms with Crippen LogP contribution in [0.5, 0.6) is 0 Å². The van der Waals surface area contributed by atoms with Crippen LogP contribution in [0.15, 0.2) is 10.6 Å². The van der Waals surface area contributed by atoms with Crippen LogP contribution in [0.4, 0.5) is 5.82 Å². The van der Waals surface area contributed by atoms with E-state index >= 15 is 0 Å². The first-order valence-electron chi connectivity index (χ1n) is 7.87. The van der Waals surface area contributed by atoms with Crippen LogP contribution in [-0.2, 0) is 9.59 Å². The summed E-state index contributed by atoms with van der Waals surface area (Å²) in [6.45, 7) is 7.27. The van der Waals surface area contributed by atoms with Crippen LogP contribution in [0, 0.1) is 18.8 Å². The molecule has 126 valence electrons. The number of hydrogen-bond acceptors (Lipinski definition) is 6. The molecule has 3 rings (SSSR count). The van der Waals surface area contributed by atoms with E-state index in [9.17, 15) is 9.59 Å². The van der Waals surface area contributed by atoms with Crippen LogP contribution in [0.25, 0.3) is 0 Å². The fourth-order valence-electron chi connectivity index (χ4n) is 3.08. The highest BCUT2D eigenvalue weighted by molar-refractivity contribution is 8.01. The standard InChI is InChI=1S/C15H22N4O3S/c1-9-3-13(18-22-9)17-15(21)10(2)23-8-14(20)19-6-11-4-16-5-12(11)7-19/h3,10-12,16H,4-8H2,1-2H3,(H,17,18,21)/t10?,11-,12+. The molecule has 1 unspecified atom stereocenters. The molecule has 2 aliphatic heterocycles. The van der Waals surface area contributed by atoms with E-state index in [-0.39, 0.29) is 17.1 Å².